The molecule has 7 heteroatoms. The maximum Gasteiger partial charge on any atom is 0.255 e. The van der Waals surface area contributed by atoms with Crippen LogP contribution in [0.15, 0.2) is 40.3 Å². The van der Waals surface area contributed by atoms with E-state index in [0.29, 0.717) is 17.4 Å². The zero-order valence-corrected chi connectivity index (χ0v) is 13.6. The molecule has 0 aliphatic rings. The van der Waals surface area contributed by atoms with Gasteiger partial charge in [-0.05, 0) is 37.4 Å². The first-order chi connectivity index (χ1) is 11.2. The van der Waals surface area contributed by atoms with Crippen molar-refractivity contribution in [2.75, 3.05) is 5.32 Å². The Morgan fingerprint density at radius 3 is 2.87 bits per heavy atom. The molecule has 6 nitrogen and oxygen atoms in total. The summed E-state index contributed by atoms with van der Waals surface area (Å²) in [7, 11) is 0. The van der Waals surface area contributed by atoms with E-state index in [1.54, 1.807) is 22.1 Å². The molecule has 0 saturated carbocycles. The van der Waals surface area contributed by atoms with Gasteiger partial charge in [0, 0.05) is 16.1 Å². The molecule has 0 spiro atoms. The summed E-state index contributed by atoms with van der Waals surface area (Å²) in [6.07, 6.45) is 1.61. The van der Waals surface area contributed by atoms with Crippen LogP contribution in [-0.4, -0.2) is 19.6 Å². The maximum atomic E-state index is 5.38. The molecule has 116 valence electrons. The molecule has 4 rings (SSSR count). The van der Waals surface area contributed by atoms with Crippen molar-refractivity contribution in [3.05, 3.63) is 52.0 Å². The zero-order valence-electron chi connectivity index (χ0n) is 12.8. The third-order valence-corrected chi connectivity index (χ3v) is 4.60. The summed E-state index contributed by atoms with van der Waals surface area (Å²) in [5.41, 5.74) is 1.99. The van der Waals surface area contributed by atoms with Crippen molar-refractivity contribution in [2.45, 2.75) is 20.4 Å². The second kappa shape index (κ2) is 5.51. The summed E-state index contributed by atoms with van der Waals surface area (Å²) in [4.78, 5) is 10.3. The van der Waals surface area contributed by atoms with Gasteiger partial charge in [0.05, 0.1) is 12.8 Å². The quantitative estimate of drug-likeness (QED) is 0.620. The van der Waals surface area contributed by atoms with E-state index in [9.17, 15) is 0 Å². The number of thiophene rings is 1. The highest BCUT2D eigenvalue weighted by Crippen LogP contribution is 2.23. The Labute approximate surface area is 136 Å². The van der Waals surface area contributed by atoms with Crippen LogP contribution in [0.1, 0.15) is 16.1 Å². The van der Waals surface area contributed by atoms with Crippen molar-refractivity contribution in [2.24, 2.45) is 0 Å². The molecule has 0 radical (unpaired) electrons. The Morgan fingerprint density at radius 2 is 2.13 bits per heavy atom. The molecule has 4 aromatic heterocycles. The SMILES string of the molecule is Cc1nc2nc(-c3ccco3)nn2c(NCc2cccs2)c1C. The highest BCUT2D eigenvalue weighted by Gasteiger charge is 2.15. The van der Waals surface area contributed by atoms with Gasteiger partial charge in [-0.25, -0.2) is 4.98 Å². The van der Waals surface area contributed by atoms with E-state index >= 15 is 0 Å². The lowest BCUT2D eigenvalue weighted by atomic mass is 10.2. The van der Waals surface area contributed by atoms with Crippen LogP contribution >= 0.6 is 11.3 Å². The Kier molecular flexibility index (Phi) is 3.34. The molecule has 4 heterocycles. The summed E-state index contributed by atoms with van der Waals surface area (Å²) in [5, 5.41) is 10.1. The molecular formula is C16H15N5OS. The molecular weight excluding hydrogens is 310 g/mol. The Balaban J connectivity index is 1.79. The average molecular weight is 325 g/mol. The van der Waals surface area contributed by atoms with Crippen LogP contribution < -0.4 is 5.32 Å². The van der Waals surface area contributed by atoms with E-state index in [1.165, 1.54) is 4.88 Å². The van der Waals surface area contributed by atoms with E-state index in [1.807, 2.05) is 32.0 Å². The van der Waals surface area contributed by atoms with Crippen molar-refractivity contribution in [1.82, 2.24) is 19.6 Å². The molecule has 1 N–H and O–H groups in total. The fraction of sp³-hybridized carbons (Fsp3) is 0.188. The van der Waals surface area contributed by atoms with Gasteiger partial charge in [-0.2, -0.15) is 9.50 Å². The molecule has 0 atom stereocenters. The van der Waals surface area contributed by atoms with Gasteiger partial charge >= 0.3 is 0 Å². The van der Waals surface area contributed by atoms with Gasteiger partial charge in [0.15, 0.2) is 5.76 Å². The van der Waals surface area contributed by atoms with Crippen LogP contribution in [0.2, 0.25) is 0 Å². The van der Waals surface area contributed by atoms with Crippen LogP contribution in [0.25, 0.3) is 17.4 Å². The normalized spacial score (nSPS) is 11.2. The first kappa shape index (κ1) is 14.0. The van der Waals surface area contributed by atoms with Crippen LogP contribution in [0.4, 0.5) is 5.82 Å². The lowest BCUT2D eigenvalue weighted by Gasteiger charge is -2.11. The standard InChI is InChI=1S/C16H15N5OS/c1-10-11(2)18-16-19-14(13-6-3-7-22-13)20-21(16)15(10)17-9-12-5-4-8-23-12/h3-8,17H,9H2,1-2H3. The van der Waals surface area contributed by atoms with E-state index < -0.39 is 0 Å². The van der Waals surface area contributed by atoms with Gasteiger partial charge in [0.2, 0.25) is 5.82 Å². The van der Waals surface area contributed by atoms with Crippen LogP contribution in [0.5, 0.6) is 0 Å². The van der Waals surface area contributed by atoms with Crippen LogP contribution in [0, 0.1) is 13.8 Å². The average Bonchev–Trinajstić information content (AvgIpc) is 3.28. The predicted octanol–water partition coefficient (Wildman–Crippen LogP) is 3.67. The molecule has 0 bridgehead atoms. The monoisotopic (exact) mass is 325 g/mol. The number of fused-ring (bicyclic) bond motifs is 1. The van der Waals surface area contributed by atoms with Crippen LogP contribution in [-0.2, 0) is 6.54 Å². The number of nitrogens with zero attached hydrogens (tertiary/aromatic N) is 4. The van der Waals surface area contributed by atoms with Gasteiger partial charge in [0.1, 0.15) is 5.82 Å². The molecule has 0 amide bonds. The number of hydrogen-bond acceptors (Lipinski definition) is 6. The molecule has 23 heavy (non-hydrogen) atoms. The summed E-state index contributed by atoms with van der Waals surface area (Å²) >= 11 is 1.72. The number of nitrogens with one attached hydrogen (secondary N) is 1. The number of hydrogen-bond donors (Lipinski definition) is 1. The highest BCUT2D eigenvalue weighted by molar-refractivity contribution is 7.09. The lowest BCUT2D eigenvalue weighted by molar-refractivity contribution is 0.577. The topological polar surface area (TPSA) is 68.2 Å². The van der Waals surface area contributed by atoms with E-state index in [0.717, 1.165) is 23.6 Å². The Morgan fingerprint density at radius 1 is 1.22 bits per heavy atom. The predicted molar refractivity (Wildman–Crippen MR) is 89.6 cm³/mol. The van der Waals surface area contributed by atoms with E-state index in [2.05, 4.69) is 31.8 Å². The molecule has 4 aromatic rings. The third kappa shape index (κ3) is 2.49. The summed E-state index contributed by atoms with van der Waals surface area (Å²) in [5.74, 6) is 2.64. The summed E-state index contributed by atoms with van der Waals surface area (Å²) in [6, 6.07) is 7.81. The minimum absolute atomic E-state index is 0.534. The minimum atomic E-state index is 0.534. The minimum Gasteiger partial charge on any atom is -0.461 e. The largest absolute Gasteiger partial charge is 0.461 e. The second-order valence-electron chi connectivity index (χ2n) is 5.23. The zero-order chi connectivity index (χ0) is 15.8. The van der Waals surface area contributed by atoms with Crippen molar-refractivity contribution < 1.29 is 4.42 Å². The molecule has 0 aliphatic carbocycles. The van der Waals surface area contributed by atoms with Crippen LogP contribution in [0.3, 0.4) is 0 Å². The fourth-order valence-electron chi connectivity index (χ4n) is 2.39. The van der Waals surface area contributed by atoms with Gasteiger partial charge in [0.25, 0.3) is 5.78 Å². The Bertz CT molecular complexity index is 941. The maximum absolute atomic E-state index is 5.38. The van der Waals surface area contributed by atoms with Gasteiger partial charge in [-0.15, -0.1) is 16.4 Å². The lowest BCUT2D eigenvalue weighted by Crippen LogP contribution is -2.09. The summed E-state index contributed by atoms with van der Waals surface area (Å²) < 4.78 is 7.13. The number of rotatable bonds is 4. The van der Waals surface area contributed by atoms with Crippen molar-refractivity contribution >= 4 is 22.9 Å². The number of anilines is 1. The first-order valence-corrected chi connectivity index (χ1v) is 8.14. The van der Waals surface area contributed by atoms with Crippen molar-refractivity contribution in [3.8, 4) is 11.6 Å². The molecule has 0 aromatic carbocycles. The number of aryl methyl sites for hydroxylation is 1. The highest BCUT2D eigenvalue weighted by atomic mass is 32.1. The van der Waals surface area contributed by atoms with Crippen molar-refractivity contribution in [1.29, 1.82) is 0 Å². The molecule has 0 aliphatic heterocycles. The second-order valence-corrected chi connectivity index (χ2v) is 6.26. The molecule has 0 fully saturated rings. The summed E-state index contributed by atoms with van der Waals surface area (Å²) in [6.45, 7) is 4.76. The fourth-order valence-corrected chi connectivity index (χ4v) is 3.04. The number of furan rings is 1. The van der Waals surface area contributed by atoms with E-state index in [4.69, 9.17) is 4.42 Å². The van der Waals surface area contributed by atoms with Gasteiger partial charge in [-0.3, -0.25) is 0 Å². The smallest absolute Gasteiger partial charge is 0.255 e. The van der Waals surface area contributed by atoms with Gasteiger partial charge in [-0.1, -0.05) is 6.07 Å². The molecule has 0 unspecified atom stereocenters. The Hall–Kier alpha value is -2.67. The van der Waals surface area contributed by atoms with Gasteiger partial charge < -0.3 is 9.73 Å². The molecule has 0 saturated heterocycles. The van der Waals surface area contributed by atoms with Crippen molar-refractivity contribution in [3.63, 3.8) is 0 Å². The first-order valence-electron chi connectivity index (χ1n) is 7.26. The van der Waals surface area contributed by atoms with E-state index in [-0.39, 0.29) is 0 Å². The number of aromatic nitrogens is 4. The third-order valence-electron chi connectivity index (χ3n) is 3.72.